The highest BCUT2D eigenvalue weighted by atomic mass is 32.2. The molecule has 0 amide bonds. The second-order valence-corrected chi connectivity index (χ2v) is 7.19. The first-order valence-electron chi connectivity index (χ1n) is 7.62. The zero-order valence-electron chi connectivity index (χ0n) is 15.0. The van der Waals surface area contributed by atoms with Gasteiger partial charge in [0.1, 0.15) is 0 Å². The minimum absolute atomic E-state index is 0.340. The summed E-state index contributed by atoms with van der Waals surface area (Å²) < 4.78 is 195. The van der Waals surface area contributed by atoms with Gasteiger partial charge in [0.25, 0.3) is 0 Å². The molecule has 20 heteroatoms. The van der Waals surface area contributed by atoms with Gasteiger partial charge >= 0.3 is 47.7 Å². The van der Waals surface area contributed by atoms with Crippen molar-refractivity contribution >= 4 is 22.8 Å². The molecule has 0 saturated heterocycles. The van der Waals surface area contributed by atoms with Crippen LogP contribution in [0.1, 0.15) is 12.8 Å². The van der Waals surface area contributed by atoms with Gasteiger partial charge in [-0.15, -0.1) is 0 Å². The first-order chi connectivity index (χ1) is 14.2. The lowest BCUT2D eigenvalue weighted by Gasteiger charge is -2.41. The van der Waals surface area contributed by atoms with Gasteiger partial charge in [0.2, 0.25) is 0 Å². The van der Waals surface area contributed by atoms with E-state index in [1.807, 2.05) is 0 Å². The lowest BCUT2D eigenvalue weighted by Crippen LogP contribution is -2.72. The summed E-state index contributed by atoms with van der Waals surface area (Å²) in [7, 11) is 0. The van der Waals surface area contributed by atoms with Crippen LogP contribution in [0.4, 0.5) is 65.9 Å². The minimum Gasteiger partial charge on any atom is -0.479 e. The SMILES string of the molecule is O=C(CCC(F)(F)C(F)(F)C(F)(F)C(F)(F)C(F)(F)C(F)(F)C(F)(F)F)SCC(O)C(=O)O. The Morgan fingerprint density at radius 3 is 1.39 bits per heavy atom. The molecule has 0 radical (unpaired) electrons. The first kappa shape index (κ1) is 31.4. The average Bonchev–Trinajstić information content (AvgIpc) is 2.62. The number of halogens is 15. The highest BCUT2D eigenvalue weighted by Crippen LogP contribution is 2.62. The van der Waals surface area contributed by atoms with Gasteiger partial charge < -0.3 is 10.2 Å². The van der Waals surface area contributed by atoms with Gasteiger partial charge in [0.05, 0.1) is 0 Å². The molecule has 0 aromatic carbocycles. The molecule has 0 aromatic heterocycles. The molecule has 0 aromatic rings. The molecule has 0 rings (SSSR count). The lowest BCUT2D eigenvalue weighted by molar-refractivity contribution is -0.452. The van der Waals surface area contributed by atoms with Crippen LogP contribution in [-0.2, 0) is 9.59 Å². The Balaban J connectivity index is 5.90. The largest absolute Gasteiger partial charge is 0.479 e. The van der Waals surface area contributed by atoms with Crippen LogP contribution in [0.3, 0.4) is 0 Å². The Bertz CT molecular complexity index is 734. The number of alkyl halides is 15. The summed E-state index contributed by atoms with van der Waals surface area (Å²) in [4.78, 5) is 21.4. The summed E-state index contributed by atoms with van der Waals surface area (Å²) >= 11 is -0.340. The Labute approximate surface area is 176 Å². The predicted octanol–water partition coefficient (Wildman–Crippen LogP) is 4.85. The second-order valence-electron chi connectivity index (χ2n) is 6.11. The van der Waals surface area contributed by atoms with Crippen molar-refractivity contribution in [3.63, 3.8) is 0 Å². The number of aliphatic carboxylic acids is 1. The van der Waals surface area contributed by atoms with Crippen molar-refractivity contribution in [1.29, 1.82) is 0 Å². The van der Waals surface area contributed by atoms with E-state index in [9.17, 15) is 75.4 Å². The van der Waals surface area contributed by atoms with Crippen LogP contribution >= 0.6 is 11.8 Å². The molecule has 1 atom stereocenters. The Kier molecular flexibility index (Phi) is 8.77. The number of aliphatic hydroxyl groups excluding tert-OH is 1. The third kappa shape index (κ3) is 5.40. The van der Waals surface area contributed by atoms with Gasteiger partial charge in [-0.05, 0) is 0 Å². The Morgan fingerprint density at radius 2 is 1.03 bits per heavy atom. The highest BCUT2D eigenvalue weighted by molar-refractivity contribution is 8.13. The molecular weight excluding hydrogens is 537 g/mol. The fourth-order valence-corrected chi connectivity index (χ4v) is 2.46. The van der Waals surface area contributed by atoms with Crippen molar-refractivity contribution in [3.05, 3.63) is 0 Å². The standard InChI is InChI=1S/C13H9F15O4S/c14-7(15,2-1-5(30)33-3-4(29)6(31)32)8(16,17)9(18,19)10(20,21)11(22,23)12(24,25)13(26,27)28/h4,29H,1-3H2,(H,31,32). The Morgan fingerprint density at radius 1 is 0.667 bits per heavy atom. The highest BCUT2D eigenvalue weighted by Gasteiger charge is 2.93. The summed E-state index contributed by atoms with van der Waals surface area (Å²) in [5.74, 6) is -50.4. The van der Waals surface area contributed by atoms with Crippen LogP contribution in [0.15, 0.2) is 0 Å². The van der Waals surface area contributed by atoms with Crippen molar-refractivity contribution < 1.29 is 85.7 Å². The predicted molar refractivity (Wildman–Crippen MR) is 76.1 cm³/mol. The second kappa shape index (κ2) is 9.21. The van der Waals surface area contributed by atoms with Gasteiger partial charge in [-0.3, -0.25) is 4.79 Å². The third-order valence-electron chi connectivity index (χ3n) is 3.72. The van der Waals surface area contributed by atoms with Gasteiger partial charge in [0.15, 0.2) is 11.2 Å². The maximum atomic E-state index is 13.5. The molecule has 0 aliphatic rings. The van der Waals surface area contributed by atoms with Crippen LogP contribution < -0.4 is 0 Å². The van der Waals surface area contributed by atoms with Gasteiger partial charge in [-0.25, -0.2) is 4.79 Å². The number of thioether (sulfide) groups is 1. The van der Waals surface area contributed by atoms with E-state index in [1.165, 1.54) is 0 Å². The number of hydrogen-bond acceptors (Lipinski definition) is 4. The molecule has 33 heavy (non-hydrogen) atoms. The minimum atomic E-state index is -8.41. The number of aliphatic hydroxyl groups is 1. The molecule has 0 aliphatic carbocycles. The topological polar surface area (TPSA) is 74.6 Å². The molecular formula is C13H9F15O4S. The van der Waals surface area contributed by atoms with E-state index < -0.39 is 77.5 Å². The van der Waals surface area contributed by atoms with E-state index in [-0.39, 0.29) is 11.8 Å². The number of hydrogen-bond donors (Lipinski definition) is 2. The summed E-state index contributed by atoms with van der Waals surface area (Å²) in [5, 5.41) is 15.3. The van der Waals surface area contributed by atoms with Crippen molar-refractivity contribution in [2.24, 2.45) is 0 Å². The molecule has 0 bridgehead atoms. The number of carbonyl (C=O) groups is 2. The zero-order valence-corrected chi connectivity index (χ0v) is 15.8. The monoisotopic (exact) mass is 546 g/mol. The average molecular weight is 546 g/mol. The smallest absolute Gasteiger partial charge is 0.460 e. The third-order valence-corrected chi connectivity index (χ3v) is 4.73. The zero-order chi connectivity index (χ0) is 27.1. The number of carbonyl (C=O) groups excluding carboxylic acids is 1. The van der Waals surface area contributed by atoms with Crippen LogP contribution in [-0.4, -0.2) is 74.9 Å². The lowest BCUT2D eigenvalue weighted by atomic mass is 9.90. The van der Waals surface area contributed by atoms with E-state index in [1.54, 1.807) is 0 Å². The normalized spacial score (nSPS) is 16.0. The van der Waals surface area contributed by atoms with Crippen LogP contribution in [0, 0.1) is 0 Å². The fraction of sp³-hybridized carbons (Fsp3) is 0.846. The fourth-order valence-electron chi connectivity index (χ4n) is 1.73. The van der Waals surface area contributed by atoms with Gasteiger partial charge in [0, 0.05) is 18.6 Å². The molecule has 4 nitrogen and oxygen atoms in total. The summed E-state index contributed by atoms with van der Waals surface area (Å²) in [6.07, 6.45) is -14.8. The first-order valence-corrected chi connectivity index (χ1v) is 8.61. The van der Waals surface area contributed by atoms with Gasteiger partial charge in [-0.1, -0.05) is 11.8 Å². The quantitative estimate of drug-likeness (QED) is 0.363. The van der Waals surface area contributed by atoms with Gasteiger partial charge in [-0.2, -0.15) is 65.9 Å². The van der Waals surface area contributed by atoms with E-state index in [4.69, 9.17) is 10.2 Å². The van der Waals surface area contributed by atoms with E-state index in [0.717, 1.165) is 0 Å². The molecule has 196 valence electrons. The van der Waals surface area contributed by atoms with E-state index in [2.05, 4.69) is 0 Å². The molecule has 0 aliphatic heterocycles. The van der Waals surface area contributed by atoms with E-state index in [0.29, 0.717) is 0 Å². The summed E-state index contributed by atoms with van der Waals surface area (Å²) in [6.45, 7) is 0. The Hall–Kier alpha value is -1.60. The number of carboxylic acid groups (broad SMARTS) is 1. The van der Waals surface area contributed by atoms with Crippen molar-refractivity contribution in [2.75, 3.05) is 5.75 Å². The molecule has 0 fully saturated rings. The van der Waals surface area contributed by atoms with E-state index >= 15 is 0 Å². The summed E-state index contributed by atoms with van der Waals surface area (Å²) in [6, 6.07) is 0. The van der Waals surface area contributed by atoms with Crippen LogP contribution in [0.2, 0.25) is 0 Å². The molecule has 1 unspecified atom stereocenters. The maximum Gasteiger partial charge on any atom is 0.460 e. The van der Waals surface area contributed by atoms with Crippen molar-refractivity contribution in [1.82, 2.24) is 0 Å². The maximum absolute atomic E-state index is 13.5. The number of rotatable bonds is 11. The molecule has 0 saturated carbocycles. The van der Waals surface area contributed by atoms with Crippen LogP contribution in [0.5, 0.6) is 0 Å². The van der Waals surface area contributed by atoms with Crippen molar-refractivity contribution in [2.45, 2.75) is 60.7 Å². The molecule has 2 N–H and O–H groups in total. The van der Waals surface area contributed by atoms with Crippen LogP contribution in [0.25, 0.3) is 0 Å². The molecule has 0 heterocycles. The number of carboxylic acids is 1. The summed E-state index contributed by atoms with van der Waals surface area (Å²) in [5.41, 5.74) is 0. The molecule has 0 spiro atoms. The van der Waals surface area contributed by atoms with Crippen molar-refractivity contribution in [3.8, 4) is 0 Å².